The lowest BCUT2D eigenvalue weighted by Crippen LogP contribution is -2.39. The zero-order valence-electron chi connectivity index (χ0n) is 11.5. The van der Waals surface area contributed by atoms with Gasteiger partial charge in [0.1, 0.15) is 5.69 Å². The summed E-state index contributed by atoms with van der Waals surface area (Å²) in [6.45, 7) is 0.685. The van der Waals surface area contributed by atoms with Gasteiger partial charge in [-0.25, -0.2) is 15.0 Å². The molecule has 7 nitrogen and oxygen atoms in total. The summed E-state index contributed by atoms with van der Waals surface area (Å²) in [5.41, 5.74) is 6.78. The summed E-state index contributed by atoms with van der Waals surface area (Å²) in [5, 5.41) is 0. The van der Waals surface area contributed by atoms with Gasteiger partial charge < -0.3 is 10.6 Å². The van der Waals surface area contributed by atoms with E-state index < -0.39 is 0 Å². The number of piperidine rings is 1. The molecule has 2 aromatic rings. The molecule has 1 amide bonds. The minimum atomic E-state index is -0.120. The van der Waals surface area contributed by atoms with Crippen molar-refractivity contribution in [3.05, 3.63) is 42.2 Å². The molecule has 7 heteroatoms. The second-order valence-corrected chi connectivity index (χ2v) is 4.94. The maximum Gasteiger partial charge on any atom is 0.274 e. The van der Waals surface area contributed by atoms with Crippen LogP contribution in [0.15, 0.2) is 30.9 Å². The monoisotopic (exact) mass is 284 g/mol. The van der Waals surface area contributed by atoms with Crippen LogP contribution in [0.5, 0.6) is 0 Å². The molecule has 3 heterocycles. The number of nitrogen functional groups attached to an aromatic ring is 1. The van der Waals surface area contributed by atoms with E-state index in [9.17, 15) is 4.79 Å². The number of anilines is 1. The molecule has 108 valence electrons. The quantitative estimate of drug-likeness (QED) is 0.890. The number of nitrogens with two attached hydrogens (primary N) is 1. The Morgan fingerprint density at radius 1 is 1.24 bits per heavy atom. The topological polar surface area (TPSA) is 97.9 Å². The first kappa shape index (κ1) is 13.4. The summed E-state index contributed by atoms with van der Waals surface area (Å²) in [4.78, 5) is 30.6. The van der Waals surface area contributed by atoms with E-state index in [2.05, 4.69) is 19.9 Å². The highest BCUT2D eigenvalue weighted by Crippen LogP contribution is 2.30. The molecule has 1 unspecified atom stereocenters. The third kappa shape index (κ3) is 2.81. The SMILES string of the molecule is Nc1nccc(C2CCCCN2C(=O)c2cnccn2)n1. The highest BCUT2D eigenvalue weighted by molar-refractivity contribution is 5.92. The number of hydrogen-bond donors (Lipinski definition) is 1. The summed E-state index contributed by atoms with van der Waals surface area (Å²) in [6.07, 6.45) is 9.08. The lowest BCUT2D eigenvalue weighted by Gasteiger charge is -2.35. The van der Waals surface area contributed by atoms with E-state index in [0.29, 0.717) is 12.2 Å². The summed E-state index contributed by atoms with van der Waals surface area (Å²) in [7, 11) is 0. The van der Waals surface area contributed by atoms with Gasteiger partial charge >= 0.3 is 0 Å². The van der Waals surface area contributed by atoms with Gasteiger partial charge in [-0.3, -0.25) is 9.78 Å². The van der Waals surface area contributed by atoms with Crippen LogP contribution in [0.25, 0.3) is 0 Å². The van der Waals surface area contributed by atoms with Crippen molar-refractivity contribution in [1.29, 1.82) is 0 Å². The second kappa shape index (κ2) is 5.82. The van der Waals surface area contributed by atoms with Crippen molar-refractivity contribution in [1.82, 2.24) is 24.8 Å². The highest BCUT2D eigenvalue weighted by Gasteiger charge is 2.30. The lowest BCUT2D eigenvalue weighted by molar-refractivity contribution is 0.0599. The molecule has 1 saturated heterocycles. The Bertz CT molecular complexity index is 632. The van der Waals surface area contributed by atoms with Crippen LogP contribution >= 0.6 is 0 Å². The van der Waals surface area contributed by atoms with Crippen molar-refractivity contribution in [2.24, 2.45) is 0 Å². The molecule has 0 radical (unpaired) electrons. The van der Waals surface area contributed by atoms with Gasteiger partial charge in [0, 0.05) is 25.1 Å². The Balaban J connectivity index is 1.90. The molecule has 1 aliphatic heterocycles. The van der Waals surface area contributed by atoms with Crippen LogP contribution in [0.2, 0.25) is 0 Å². The maximum atomic E-state index is 12.6. The second-order valence-electron chi connectivity index (χ2n) is 4.94. The zero-order valence-corrected chi connectivity index (χ0v) is 11.5. The Kier molecular flexibility index (Phi) is 3.72. The van der Waals surface area contributed by atoms with Crippen molar-refractivity contribution in [2.45, 2.75) is 25.3 Å². The smallest absolute Gasteiger partial charge is 0.274 e. The van der Waals surface area contributed by atoms with Crippen molar-refractivity contribution < 1.29 is 4.79 Å². The molecule has 1 aliphatic rings. The standard InChI is InChI=1S/C14H16N6O/c15-14-18-5-4-10(19-14)12-3-1-2-8-20(12)13(21)11-9-16-6-7-17-11/h4-7,9,12H,1-3,8H2,(H2,15,18,19). The molecule has 3 rings (SSSR count). The Morgan fingerprint density at radius 3 is 2.90 bits per heavy atom. The van der Waals surface area contributed by atoms with Crippen molar-refractivity contribution >= 4 is 11.9 Å². The van der Waals surface area contributed by atoms with E-state index in [0.717, 1.165) is 25.0 Å². The third-order valence-electron chi connectivity index (χ3n) is 3.58. The van der Waals surface area contributed by atoms with E-state index in [1.165, 1.54) is 12.4 Å². The molecule has 0 aliphatic carbocycles. The minimum absolute atomic E-state index is 0.0847. The average Bonchev–Trinajstić information content (AvgIpc) is 2.55. The van der Waals surface area contributed by atoms with Gasteiger partial charge in [0.2, 0.25) is 5.95 Å². The average molecular weight is 284 g/mol. The molecule has 1 atom stereocenters. The van der Waals surface area contributed by atoms with Crippen LogP contribution in [-0.2, 0) is 0 Å². The third-order valence-corrected chi connectivity index (χ3v) is 3.58. The van der Waals surface area contributed by atoms with Gasteiger partial charge in [-0.1, -0.05) is 0 Å². The molecule has 0 bridgehead atoms. The molecular formula is C14H16N6O. The largest absolute Gasteiger partial charge is 0.368 e. The van der Waals surface area contributed by atoms with Gasteiger partial charge in [-0.2, -0.15) is 0 Å². The fraction of sp³-hybridized carbons (Fsp3) is 0.357. The van der Waals surface area contributed by atoms with Crippen LogP contribution in [0, 0.1) is 0 Å². The number of aromatic nitrogens is 4. The first-order valence-electron chi connectivity index (χ1n) is 6.91. The number of rotatable bonds is 2. The number of amides is 1. The van der Waals surface area contributed by atoms with E-state index in [1.807, 2.05) is 6.07 Å². The normalized spacial score (nSPS) is 18.5. The van der Waals surface area contributed by atoms with E-state index in [-0.39, 0.29) is 17.9 Å². The molecule has 0 spiro atoms. The summed E-state index contributed by atoms with van der Waals surface area (Å²) < 4.78 is 0. The van der Waals surface area contributed by atoms with Crippen molar-refractivity contribution in [2.75, 3.05) is 12.3 Å². The predicted octanol–water partition coefficient (Wildman–Crippen LogP) is 1.22. The molecule has 2 aromatic heterocycles. The van der Waals surface area contributed by atoms with E-state index in [4.69, 9.17) is 5.73 Å². The Labute approximate surface area is 122 Å². The molecule has 2 N–H and O–H groups in total. The van der Waals surface area contributed by atoms with Crippen LogP contribution in [0.4, 0.5) is 5.95 Å². The maximum absolute atomic E-state index is 12.6. The van der Waals surface area contributed by atoms with Crippen LogP contribution in [-0.4, -0.2) is 37.3 Å². The van der Waals surface area contributed by atoms with E-state index >= 15 is 0 Å². The van der Waals surface area contributed by atoms with Crippen molar-refractivity contribution in [3.8, 4) is 0 Å². The molecule has 0 aromatic carbocycles. The number of hydrogen-bond acceptors (Lipinski definition) is 6. The van der Waals surface area contributed by atoms with Gasteiger partial charge in [0.25, 0.3) is 5.91 Å². The first-order chi connectivity index (χ1) is 10.3. The van der Waals surface area contributed by atoms with Crippen LogP contribution in [0.1, 0.15) is 41.5 Å². The number of nitrogens with zero attached hydrogens (tertiary/aromatic N) is 5. The Hall–Kier alpha value is -2.57. The fourth-order valence-corrected chi connectivity index (χ4v) is 2.61. The van der Waals surface area contributed by atoms with E-state index in [1.54, 1.807) is 17.3 Å². The van der Waals surface area contributed by atoms with Gasteiger partial charge in [0.15, 0.2) is 0 Å². The van der Waals surface area contributed by atoms with Gasteiger partial charge in [-0.15, -0.1) is 0 Å². The predicted molar refractivity (Wildman–Crippen MR) is 76.1 cm³/mol. The van der Waals surface area contributed by atoms with Gasteiger partial charge in [-0.05, 0) is 25.3 Å². The van der Waals surface area contributed by atoms with Gasteiger partial charge in [0.05, 0.1) is 17.9 Å². The minimum Gasteiger partial charge on any atom is -0.368 e. The molecule has 0 saturated carbocycles. The van der Waals surface area contributed by atoms with Crippen LogP contribution in [0.3, 0.4) is 0 Å². The number of carbonyl (C=O) groups excluding carboxylic acids is 1. The Morgan fingerprint density at radius 2 is 2.14 bits per heavy atom. The summed E-state index contributed by atoms with van der Waals surface area (Å²) in [5.74, 6) is 0.106. The highest BCUT2D eigenvalue weighted by atomic mass is 16.2. The molecular weight excluding hydrogens is 268 g/mol. The summed E-state index contributed by atoms with van der Waals surface area (Å²) >= 11 is 0. The number of likely N-dealkylation sites (tertiary alicyclic amines) is 1. The lowest BCUT2D eigenvalue weighted by atomic mass is 9.98. The first-order valence-corrected chi connectivity index (χ1v) is 6.91. The number of carbonyl (C=O) groups is 1. The fourth-order valence-electron chi connectivity index (χ4n) is 2.61. The molecule has 21 heavy (non-hydrogen) atoms. The summed E-state index contributed by atoms with van der Waals surface area (Å²) in [6, 6.07) is 1.72. The van der Waals surface area contributed by atoms with Crippen LogP contribution < -0.4 is 5.73 Å². The zero-order chi connectivity index (χ0) is 14.7. The van der Waals surface area contributed by atoms with Crippen molar-refractivity contribution in [3.63, 3.8) is 0 Å². The molecule has 1 fully saturated rings.